The molecule has 1 aromatic heterocycles. The molecule has 0 bridgehead atoms. The van der Waals surface area contributed by atoms with Gasteiger partial charge in [-0.2, -0.15) is 0 Å². The third-order valence-corrected chi connectivity index (χ3v) is 7.23. The molecule has 1 atom stereocenters. The Morgan fingerprint density at radius 1 is 1.00 bits per heavy atom. The van der Waals surface area contributed by atoms with Crippen LogP contribution in [0.2, 0.25) is 0 Å². The number of ether oxygens (including phenoxy) is 1. The van der Waals surface area contributed by atoms with Crippen LogP contribution in [-0.4, -0.2) is 60.5 Å². The molecule has 2 amide bonds. The molecule has 2 aromatic rings. The number of rotatable bonds is 2. The maximum absolute atomic E-state index is 13.1. The summed E-state index contributed by atoms with van der Waals surface area (Å²) in [7, 11) is 0. The molecular formula is C22H24N2O3S. The number of hydrogen-bond donors (Lipinski definition) is 0. The summed E-state index contributed by atoms with van der Waals surface area (Å²) in [6.45, 7) is 3.06. The van der Waals surface area contributed by atoms with Crippen molar-refractivity contribution < 1.29 is 14.3 Å². The van der Waals surface area contributed by atoms with Crippen molar-refractivity contribution in [3.8, 4) is 10.4 Å². The molecule has 3 aliphatic rings. The Bertz CT molecular complexity index is 908. The van der Waals surface area contributed by atoms with Gasteiger partial charge in [-0.15, -0.1) is 11.3 Å². The first-order chi connectivity index (χ1) is 13.7. The molecule has 5 nitrogen and oxygen atoms in total. The van der Waals surface area contributed by atoms with E-state index in [-0.39, 0.29) is 17.9 Å². The van der Waals surface area contributed by atoms with E-state index in [1.807, 2.05) is 9.80 Å². The fourth-order valence-electron chi connectivity index (χ4n) is 4.44. The van der Waals surface area contributed by atoms with Gasteiger partial charge in [0.25, 0.3) is 11.8 Å². The first kappa shape index (κ1) is 17.9. The fourth-order valence-corrected chi connectivity index (χ4v) is 5.68. The van der Waals surface area contributed by atoms with Gasteiger partial charge in [0, 0.05) is 37.7 Å². The zero-order chi connectivity index (χ0) is 19.1. The number of nitrogens with zero attached hydrogens (tertiary/aromatic N) is 2. The minimum absolute atomic E-state index is 0.0905. The van der Waals surface area contributed by atoms with E-state index in [2.05, 4.69) is 30.3 Å². The van der Waals surface area contributed by atoms with Gasteiger partial charge in [-0.1, -0.05) is 24.3 Å². The summed E-state index contributed by atoms with van der Waals surface area (Å²) < 4.78 is 5.52. The molecule has 0 N–H and O–H groups in total. The zero-order valence-electron chi connectivity index (χ0n) is 15.9. The van der Waals surface area contributed by atoms with Crippen LogP contribution in [0.5, 0.6) is 0 Å². The van der Waals surface area contributed by atoms with Crippen molar-refractivity contribution >= 4 is 23.2 Å². The predicted molar refractivity (Wildman–Crippen MR) is 109 cm³/mol. The Hall–Kier alpha value is -2.18. The number of carbonyl (C=O) groups excluding carboxylic acids is 2. The molecule has 0 radical (unpaired) electrons. The van der Waals surface area contributed by atoms with E-state index in [9.17, 15) is 9.59 Å². The Balaban J connectivity index is 1.27. The minimum atomic E-state index is -0.272. The molecule has 1 unspecified atom stereocenters. The van der Waals surface area contributed by atoms with Gasteiger partial charge in [-0.05, 0) is 48.4 Å². The third-order valence-electron chi connectivity index (χ3n) is 6.03. The van der Waals surface area contributed by atoms with Crippen molar-refractivity contribution in [2.45, 2.75) is 31.8 Å². The van der Waals surface area contributed by atoms with Gasteiger partial charge in [0.1, 0.15) is 6.10 Å². The van der Waals surface area contributed by atoms with Crippen LogP contribution < -0.4 is 0 Å². The summed E-state index contributed by atoms with van der Waals surface area (Å²) in [4.78, 5) is 31.4. The number of piperazine rings is 1. The lowest BCUT2D eigenvalue weighted by Gasteiger charge is -2.35. The highest BCUT2D eigenvalue weighted by atomic mass is 32.1. The van der Waals surface area contributed by atoms with Crippen LogP contribution >= 0.6 is 11.3 Å². The molecular weight excluding hydrogens is 372 g/mol. The molecule has 146 valence electrons. The normalized spacial score (nSPS) is 21.4. The smallest absolute Gasteiger partial charge is 0.264 e. The number of amides is 2. The average Bonchev–Trinajstić information content (AvgIpc) is 3.43. The topological polar surface area (TPSA) is 49.9 Å². The minimum Gasteiger partial charge on any atom is -0.368 e. The quantitative estimate of drug-likeness (QED) is 0.784. The van der Waals surface area contributed by atoms with Crippen molar-refractivity contribution in [1.82, 2.24) is 9.80 Å². The molecule has 1 aromatic carbocycles. The summed E-state index contributed by atoms with van der Waals surface area (Å²) in [6.07, 6.45) is 3.55. The van der Waals surface area contributed by atoms with Crippen molar-refractivity contribution in [2.24, 2.45) is 0 Å². The van der Waals surface area contributed by atoms with Crippen LogP contribution in [0.15, 0.2) is 30.3 Å². The highest BCUT2D eigenvalue weighted by Gasteiger charge is 2.32. The van der Waals surface area contributed by atoms with Crippen LogP contribution in [0.1, 0.15) is 33.6 Å². The standard InChI is InChI=1S/C22H24N2O3S/c25-21(18-6-3-13-27-18)23-9-11-24(12-10-23)22(26)19-14-16-8-7-15-4-1-2-5-17(15)20(16)28-19/h1-2,4-5,14,18H,3,6-13H2. The fraction of sp³-hybridized carbons (Fsp3) is 0.455. The van der Waals surface area contributed by atoms with E-state index in [4.69, 9.17) is 4.74 Å². The summed E-state index contributed by atoms with van der Waals surface area (Å²) in [6, 6.07) is 10.6. The SMILES string of the molecule is O=C(c1cc2c(s1)-c1ccccc1CC2)N1CCN(C(=O)C2CCCO2)CC1. The van der Waals surface area contributed by atoms with Crippen molar-refractivity contribution in [3.63, 3.8) is 0 Å². The van der Waals surface area contributed by atoms with E-state index in [1.165, 1.54) is 21.6 Å². The Labute approximate surface area is 168 Å². The van der Waals surface area contributed by atoms with Gasteiger partial charge in [-0.25, -0.2) is 0 Å². The Morgan fingerprint density at radius 3 is 2.54 bits per heavy atom. The Kier molecular flexibility index (Phi) is 4.69. The van der Waals surface area contributed by atoms with E-state index in [1.54, 1.807) is 11.3 Å². The first-order valence-electron chi connectivity index (χ1n) is 10.1. The number of thiophene rings is 1. The van der Waals surface area contributed by atoms with E-state index >= 15 is 0 Å². The zero-order valence-corrected chi connectivity index (χ0v) is 16.7. The summed E-state index contributed by atoms with van der Waals surface area (Å²) in [5.74, 6) is 0.189. The highest BCUT2D eigenvalue weighted by molar-refractivity contribution is 7.17. The average molecular weight is 397 g/mol. The molecule has 3 heterocycles. The van der Waals surface area contributed by atoms with Gasteiger partial charge in [0.15, 0.2) is 0 Å². The van der Waals surface area contributed by atoms with Gasteiger partial charge < -0.3 is 14.5 Å². The van der Waals surface area contributed by atoms with Crippen LogP contribution in [0.25, 0.3) is 10.4 Å². The molecule has 28 heavy (non-hydrogen) atoms. The monoisotopic (exact) mass is 396 g/mol. The second-order valence-corrected chi connectivity index (χ2v) is 8.79. The van der Waals surface area contributed by atoms with Crippen molar-refractivity contribution in [2.75, 3.05) is 32.8 Å². The number of fused-ring (bicyclic) bond motifs is 3. The summed E-state index contributed by atoms with van der Waals surface area (Å²) >= 11 is 1.62. The van der Waals surface area contributed by atoms with Crippen LogP contribution in [-0.2, 0) is 22.4 Å². The van der Waals surface area contributed by atoms with E-state index < -0.39 is 0 Å². The summed E-state index contributed by atoms with van der Waals surface area (Å²) in [5.41, 5.74) is 3.94. The maximum atomic E-state index is 13.1. The molecule has 2 fully saturated rings. The molecule has 2 saturated heterocycles. The molecule has 5 rings (SSSR count). The molecule has 6 heteroatoms. The van der Waals surface area contributed by atoms with Crippen LogP contribution in [0.3, 0.4) is 0 Å². The van der Waals surface area contributed by atoms with Crippen LogP contribution in [0, 0.1) is 0 Å². The third kappa shape index (κ3) is 3.14. The summed E-state index contributed by atoms with van der Waals surface area (Å²) in [5, 5.41) is 0. The number of aryl methyl sites for hydroxylation is 2. The second-order valence-electron chi connectivity index (χ2n) is 7.74. The van der Waals surface area contributed by atoms with Gasteiger partial charge in [0.2, 0.25) is 0 Å². The first-order valence-corrected chi connectivity index (χ1v) is 10.9. The molecule has 0 saturated carbocycles. The van der Waals surface area contributed by atoms with Crippen molar-refractivity contribution in [3.05, 3.63) is 46.3 Å². The maximum Gasteiger partial charge on any atom is 0.264 e. The number of hydrogen-bond acceptors (Lipinski definition) is 4. The number of benzene rings is 1. The lowest BCUT2D eigenvalue weighted by atomic mass is 9.91. The lowest BCUT2D eigenvalue weighted by molar-refractivity contribution is -0.142. The highest BCUT2D eigenvalue weighted by Crippen LogP contribution is 2.39. The lowest BCUT2D eigenvalue weighted by Crippen LogP contribution is -2.52. The van der Waals surface area contributed by atoms with Gasteiger partial charge in [0.05, 0.1) is 4.88 Å². The molecule has 1 aliphatic carbocycles. The van der Waals surface area contributed by atoms with Crippen LogP contribution in [0.4, 0.5) is 0 Å². The van der Waals surface area contributed by atoms with E-state index in [0.717, 1.165) is 30.6 Å². The number of carbonyl (C=O) groups is 2. The molecule has 0 spiro atoms. The Morgan fingerprint density at radius 2 is 1.75 bits per heavy atom. The largest absolute Gasteiger partial charge is 0.368 e. The van der Waals surface area contributed by atoms with Crippen molar-refractivity contribution in [1.29, 1.82) is 0 Å². The van der Waals surface area contributed by atoms with Gasteiger partial charge in [-0.3, -0.25) is 9.59 Å². The second kappa shape index (κ2) is 7.33. The molecule has 2 aliphatic heterocycles. The van der Waals surface area contributed by atoms with E-state index in [0.29, 0.717) is 32.8 Å². The predicted octanol–water partition coefficient (Wildman–Crippen LogP) is 2.98. The van der Waals surface area contributed by atoms with Gasteiger partial charge >= 0.3 is 0 Å².